The highest BCUT2D eigenvalue weighted by atomic mass is 16.5. The first-order valence-corrected chi connectivity index (χ1v) is 9.26. The summed E-state index contributed by atoms with van der Waals surface area (Å²) in [5, 5.41) is 5.57. The number of rotatable bonds is 8. The molecule has 0 radical (unpaired) electrons. The predicted molar refractivity (Wildman–Crippen MR) is 113 cm³/mol. The maximum Gasteiger partial charge on any atom is 0.262 e. The largest absolute Gasteiger partial charge is 0.494 e. The number of para-hydroxylation sites is 1. The van der Waals surface area contributed by atoms with E-state index < -0.39 is 0 Å². The molecule has 0 aliphatic carbocycles. The van der Waals surface area contributed by atoms with Crippen LogP contribution < -0.4 is 20.1 Å². The van der Waals surface area contributed by atoms with E-state index in [2.05, 4.69) is 10.6 Å². The summed E-state index contributed by atoms with van der Waals surface area (Å²) in [6, 6.07) is 23.0. The number of nitrogens with one attached hydrogen (secondary N) is 2. The van der Waals surface area contributed by atoms with E-state index in [1.165, 1.54) is 0 Å². The van der Waals surface area contributed by atoms with Gasteiger partial charge >= 0.3 is 0 Å². The lowest BCUT2D eigenvalue weighted by Gasteiger charge is -2.10. The average molecular weight is 390 g/mol. The molecule has 0 unspecified atom stereocenters. The van der Waals surface area contributed by atoms with Gasteiger partial charge in [-0.1, -0.05) is 24.3 Å². The fourth-order valence-corrected chi connectivity index (χ4v) is 2.61. The van der Waals surface area contributed by atoms with Gasteiger partial charge in [0.25, 0.3) is 11.8 Å². The van der Waals surface area contributed by atoms with Crippen LogP contribution in [0.2, 0.25) is 0 Å². The summed E-state index contributed by atoms with van der Waals surface area (Å²) >= 11 is 0. The van der Waals surface area contributed by atoms with Crippen LogP contribution in [-0.4, -0.2) is 25.0 Å². The first-order chi connectivity index (χ1) is 14.1. The highest BCUT2D eigenvalue weighted by Gasteiger charge is 2.08. The molecule has 3 rings (SSSR count). The number of benzene rings is 3. The zero-order chi connectivity index (χ0) is 20.5. The third-order valence-corrected chi connectivity index (χ3v) is 3.94. The molecule has 0 aromatic heterocycles. The molecule has 0 aliphatic rings. The maximum absolute atomic E-state index is 12.4. The molecule has 0 saturated heterocycles. The lowest BCUT2D eigenvalue weighted by molar-refractivity contribution is -0.118. The van der Waals surface area contributed by atoms with Crippen LogP contribution in [0.3, 0.4) is 0 Å². The number of amides is 2. The number of hydrogen-bond donors (Lipinski definition) is 2. The van der Waals surface area contributed by atoms with E-state index in [4.69, 9.17) is 9.47 Å². The second-order valence-corrected chi connectivity index (χ2v) is 6.14. The Morgan fingerprint density at radius 3 is 2.10 bits per heavy atom. The Labute approximate surface area is 169 Å². The van der Waals surface area contributed by atoms with Crippen LogP contribution in [0.4, 0.5) is 11.4 Å². The second kappa shape index (κ2) is 9.94. The topological polar surface area (TPSA) is 76.7 Å². The van der Waals surface area contributed by atoms with Crippen molar-refractivity contribution in [2.24, 2.45) is 0 Å². The van der Waals surface area contributed by atoms with E-state index in [0.29, 0.717) is 35.0 Å². The predicted octanol–water partition coefficient (Wildman–Crippen LogP) is 4.36. The minimum Gasteiger partial charge on any atom is -0.494 e. The summed E-state index contributed by atoms with van der Waals surface area (Å²) in [6.45, 7) is 2.37. The Morgan fingerprint density at radius 1 is 0.759 bits per heavy atom. The third kappa shape index (κ3) is 6.10. The minimum absolute atomic E-state index is 0.104. The van der Waals surface area contributed by atoms with Gasteiger partial charge in [0, 0.05) is 16.9 Å². The second-order valence-electron chi connectivity index (χ2n) is 6.14. The summed E-state index contributed by atoms with van der Waals surface area (Å²) in [5.74, 6) is 0.804. The van der Waals surface area contributed by atoms with Crippen molar-refractivity contribution in [3.63, 3.8) is 0 Å². The van der Waals surface area contributed by atoms with Crippen LogP contribution in [0.1, 0.15) is 17.3 Å². The van der Waals surface area contributed by atoms with Gasteiger partial charge < -0.3 is 20.1 Å². The molecular weight excluding hydrogens is 368 g/mol. The molecule has 0 atom stereocenters. The van der Waals surface area contributed by atoms with Gasteiger partial charge in [-0.15, -0.1) is 0 Å². The number of anilines is 2. The van der Waals surface area contributed by atoms with Gasteiger partial charge in [-0.2, -0.15) is 0 Å². The van der Waals surface area contributed by atoms with E-state index >= 15 is 0 Å². The first kappa shape index (κ1) is 19.9. The highest BCUT2D eigenvalue weighted by Crippen LogP contribution is 2.18. The van der Waals surface area contributed by atoms with E-state index in [-0.39, 0.29) is 18.4 Å². The van der Waals surface area contributed by atoms with Crippen LogP contribution in [0.25, 0.3) is 0 Å². The molecule has 6 heteroatoms. The average Bonchev–Trinajstić information content (AvgIpc) is 2.74. The molecule has 29 heavy (non-hydrogen) atoms. The van der Waals surface area contributed by atoms with Crippen LogP contribution in [0.15, 0.2) is 78.9 Å². The SMILES string of the molecule is CCOc1ccc(C(=O)Nc2cccc(NC(=O)COc3ccccc3)c2)cc1. The van der Waals surface area contributed by atoms with Gasteiger partial charge in [0.15, 0.2) is 6.61 Å². The highest BCUT2D eigenvalue weighted by molar-refractivity contribution is 6.04. The molecule has 0 fully saturated rings. The summed E-state index contributed by atoms with van der Waals surface area (Å²) < 4.78 is 10.8. The van der Waals surface area contributed by atoms with Gasteiger partial charge in [-0.3, -0.25) is 9.59 Å². The van der Waals surface area contributed by atoms with E-state index in [0.717, 1.165) is 0 Å². The quantitative estimate of drug-likeness (QED) is 0.599. The Bertz CT molecular complexity index is 956. The Kier molecular flexibility index (Phi) is 6.84. The van der Waals surface area contributed by atoms with E-state index in [1.54, 1.807) is 60.7 Å². The fraction of sp³-hybridized carbons (Fsp3) is 0.130. The molecule has 0 saturated carbocycles. The van der Waals surface area contributed by atoms with Gasteiger partial charge in [-0.05, 0) is 61.5 Å². The van der Waals surface area contributed by atoms with Gasteiger partial charge in [-0.25, -0.2) is 0 Å². The van der Waals surface area contributed by atoms with Crippen LogP contribution in [0.5, 0.6) is 11.5 Å². The van der Waals surface area contributed by atoms with Crippen molar-refractivity contribution < 1.29 is 19.1 Å². The van der Waals surface area contributed by atoms with Crippen LogP contribution in [0, 0.1) is 0 Å². The molecule has 0 heterocycles. The monoisotopic (exact) mass is 390 g/mol. The first-order valence-electron chi connectivity index (χ1n) is 9.26. The Morgan fingerprint density at radius 2 is 1.41 bits per heavy atom. The zero-order valence-corrected chi connectivity index (χ0v) is 16.1. The molecule has 3 aromatic carbocycles. The van der Waals surface area contributed by atoms with Crippen LogP contribution in [-0.2, 0) is 4.79 Å². The molecule has 2 N–H and O–H groups in total. The van der Waals surface area contributed by atoms with Gasteiger partial charge in [0.05, 0.1) is 6.61 Å². The molecule has 3 aromatic rings. The van der Waals surface area contributed by atoms with Crippen molar-refractivity contribution in [1.82, 2.24) is 0 Å². The van der Waals surface area contributed by atoms with E-state index in [1.807, 2.05) is 25.1 Å². The van der Waals surface area contributed by atoms with Gasteiger partial charge in [0.1, 0.15) is 11.5 Å². The lowest BCUT2D eigenvalue weighted by Crippen LogP contribution is -2.20. The number of ether oxygens (including phenoxy) is 2. The number of carbonyl (C=O) groups is 2. The van der Waals surface area contributed by atoms with Crippen molar-refractivity contribution in [1.29, 1.82) is 0 Å². The molecule has 0 aliphatic heterocycles. The van der Waals surface area contributed by atoms with Crippen molar-refractivity contribution in [2.75, 3.05) is 23.8 Å². The molecule has 6 nitrogen and oxygen atoms in total. The summed E-state index contributed by atoms with van der Waals surface area (Å²) in [7, 11) is 0. The molecular formula is C23H22N2O4. The molecule has 0 bridgehead atoms. The molecule has 0 spiro atoms. The van der Waals surface area contributed by atoms with E-state index in [9.17, 15) is 9.59 Å². The Hall–Kier alpha value is -3.80. The van der Waals surface area contributed by atoms with Crippen molar-refractivity contribution in [3.8, 4) is 11.5 Å². The number of carbonyl (C=O) groups excluding carboxylic acids is 2. The standard InChI is InChI=1S/C23H22N2O4/c1-2-28-21-13-11-17(12-14-21)23(27)25-19-8-6-7-18(15-19)24-22(26)16-29-20-9-4-3-5-10-20/h3-15H,2,16H2,1H3,(H,24,26)(H,25,27). The lowest BCUT2D eigenvalue weighted by atomic mass is 10.2. The molecule has 148 valence electrons. The van der Waals surface area contributed by atoms with Gasteiger partial charge in [0.2, 0.25) is 0 Å². The summed E-state index contributed by atoms with van der Waals surface area (Å²) in [5.41, 5.74) is 1.65. The number of hydrogen-bond acceptors (Lipinski definition) is 4. The maximum atomic E-state index is 12.4. The normalized spacial score (nSPS) is 10.1. The summed E-state index contributed by atoms with van der Waals surface area (Å²) in [6.07, 6.45) is 0. The zero-order valence-electron chi connectivity index (χ0n) is 16.1. The van der Waals surface area contributed by atoms with Crippen molar-refractivity contribution >= 4 is 23.2 Å². The van der Waals surface area contributed by atoms with Crippen molar-refractivity contribution in [2.45, 2.75) is 6.92 Å². The van der Waals surface area contributed by atoms with Crippen LogP contribution >= 0.6 is 0 Å². The Balaban J connectivity index is 1.55. The smallest absolute Gasteiger partial charge is 0.262 e. The third-order valence-electron chi connectivity index (χ3n) is 3.94. The van der Waals surface area contributed by atoms with Crippen molar-refractivity contribution in [3.05, 3.63) is 84.4 Å². The fourth-order valence-electron chi connectivity index (χ4n) is 2.61. The summed E-state index contributed by atoms with van der Waals surface area (Å²) in [4.78, 5) is 24.5. The molecule has 2 amide bonds. The minimum atomic E-state index is -0.288.